The molecule has 0 aliphatic carbocycles. The summed E-state index contributed by atoms with van der Waals surface area (Å²) in [5.74, 6) is -0.471. The van der Waals surface area contributed by atoms with Crippen LogP contribution in [0.3, 0.4) is 0 Å². The zero-order valence-electron chi connectivity index (χ0n) is 14.2. The summed E-state index contributed by atoms with van der Waals surface area (Å²) in [6.07, 6.45) is 1.88. The molecule has 2 N–H and O–H groups in total. The van der Waals surface area contributed by atoms with E-state index in [4.69, 9.17) is 0 Å². The normalized spacial score (nSPS) is 17.0. The van der Waals surface area contributed by atoms with E-state index in [1.54, 1.807) is 6.92 Å². The Morgan fingerprint density at radius 2 is 1.96 bits per heavy atom. The fourth-order valence-corrected chi connectivity index (χ4v) is 3.99. The molecular weight excluding hydrogens is 352 g/mol. The number of benzene rings is 1. The number of rotatable bonds is 5. The average Bonchev–Trinajstić information content (AvgIpc) is 2.53. The van der Waals surface area contributed by atoms with Gasteiger partial charge >= 0.3 is 5.97 Å². The first-order valence-electron chi connectivity index (χ1n) is 7.67. The third-order valence-corrected chi connectivity index (χ3v) is 5.81. The van der Waals surface area contributed by atoms with E-state index in [0.717, 1.165) is 25.9 Å². The Hall–Kier alpha value is -1.15. The summed E-state index contributed by atoms with van der Waals surface area (Å²) >= 11 is 0. The number of aryl methyl sites for hydroxylation is 1. The van der Waals surface area contributed by atoms with Crippen LogP contribution in [-0.4, -0.2) is 41.1 Å². The number of halogens is 1. The molecule has 1 heterocycles. The van der Waals surface area contributed by atoms with E-state index in [9.17, 15) is 13.2 Å². The number of hydrogen-bond donors (Lipinski definition) is 2. The van der Waals surface area contributed by atoms with Gasteiger partial charge in [-0.15, -0.1) is 12.4 Å². The van der Waals surface area contributed by atoms with Crippen molar-refractivity contribution in [1.29, 1.82) is 0 Å². The van der Waals surface area contributed by atoms with Crippen LogP contribution < -0.4 is 10.0 Å². The standard InChI is InChI=1S/C16H24N2O4S.ClH/c1-12-10-13(4-5-14(12)15(19)22-3)23(20,21)18-11-16(2)6-8-17-9-7-16;/h4-5,10,17-18H,6-9,11H2,1-3H3;1H. The van der Waals surface area contributed by atoms with Gasteiger partial charge in [-0.3, -0.25) is 0 Å². The van der Waals surface area contributed by atoms with Gasteiger partial charge in [-0.05, 0) is 62.0 Å². The molecule has 0 bridgehead atoms. The van der Waals surface area contributed by atoms with Crippen LogP contribution in [0.5, 0.6) is 0 Å². The number of ether oxygens (including phenoxy) is 1. The zero-order chi connectivity index (χ0) is 17.1. The zero-order valence-corrected chi connectivity index (χ0v) is 15.9. The summed E-state index contributed by atoms with van der Waals surface area (Å²) in [6.45, 7) is 6.02. The van der Waals surface area contributed by atoms with E-state index < -0.39 is 16.0 Å². The minimum absolute atomic E-state index is 0. The lowest BCUT2D eigenvalue weighted by Gasteiger charge is -2.34. The van der Waals surface area contributed by atoms with Gasteiger partial charge in [-0.1, -0.05) is 6.92 Å². The molecule has 8 heteroatoms. The van der Waals surface area contributed by atoms with Crippen molar-refractivity contribution in [3.63, 3.8) is 0 Å². The molecule has 0 spiro atoms. The van der Waals surface area contributed by atoms with Crippen LogP contribution >= 0.6 is 12.4 Å². The van der Waals surface area contributed by atoms with Crippen molar-refractivity contribution in [1.82, 2.24) is 10.0 Å². The van der Waals surface area contributed by atoms with Crippen LogP contribution in [0.4, 0.5) is 0 Å². The summed E-state index contributed by atoms with van der Waals surface area (Å²) in [4.78, 5) is 11.7. The van der Waals surface area contributed by atoms with Gasteiger partial charge < -0.3 is 10.1 Å². The Morgan fingerprint density at radius 3 is 2.50 bits per heavy atom. The lowest BCUT2D eigenvalue weighted by molar-refractivity contribution is 0.0600. The predicted molar refractivity (Wildman–Crippen MR) is 95.2 cm³/mol. The SMILES string of the molecule is COC(=O)c1ccc(S(=O)(=O)NCC2(C)CCNCC2)cc1C.Cl. The number of nitrogens with one attached hydrogen (secondary N) is 2. The van der Waals surface area contributed by atoms with Crippen molar-refractivity contribution in [2.45, 2.75) is 31.6 Å². The van der Waals surface area contributed by atoms with Crippen molar-refractivity contribution in [3.8, 4) is 0 Å². The fourth-order valence-electron chi connectivity index (χ4n) is 2.70. The van der Waals surface area contributed by atoms with Gasteiger partial charge in [0.1, 0.15) is 0 Å². The van der Waals surface area contributed by atoms with Crippen molar-refractivity contribution in [2.24, 2.45) is 5.41 Å². The maximum absolute atomic E-state index is 12.5. The van der Waals surface area contributed by atoms with E-state index in [2.05, 4.69) is 21.7 Å². The highest BCUT2D eigenvalue weighted by Gasteiger charge is 2.29. The fraction of sp³-hybridized carbons (Fsp3) is 0.562. The number of piperidine rings is 1. The van der Waals surface area contributed by atoms with Crippen molar-refractivity contribution in [2.75, 3.05) is 26.7 Å². The highest BCUT2D eigenvalue weighted by atomic mass is 35.5. The summed E-state index contributed by atoms with van der Waals surface area (Å²) in [7, 11) is -2.29. The van der Waals surface area contributed by atoms with Crippen LogP contribution in [-0.2, 0) is 14.8 Å². The second-order valence-corrected chi connectivity index (χ2v) is 8.12. The van der Waals surface area contributed by atoms with Gasteiger partial charge in [0, 0.05) is 6.54 Å². The number of methoxy groups -OCH3 is 1. The van der Waals surface area contributed by atoms with E-state index in [0.29, 0.717) is 17.7 Å². The molecule has 1 aliphatic rings. The number of sulfonamides is 1. The number of hydrogen-bond acceptors (Lipinski definition) is 5. The molecule has 0 saturated carbocycles. The second-order valence-electron chi connectivity index (χ2n) is 6.35. The molecule has 24 heavy (non-hydrogen) atoms. The molecule has 1 aromatic rings. The first kappa shape index (κ1) is 20.9. The predicted octanol–water partition coefficient (Wildman–Crippen LogP) is 1.87. The molecule has 1 saturated heterocycles. The monoisotopic (exact) mass is 376 g/mol. The van der Waals surface area contributed by atoms with Gasteiger partial charge in [-0.2, -0.15) is 0 Å². The third kappa shape index (κ3) is 4.92. The van der Waals surface area contributed by atoms with E-state index in [1.807, 2.05) is 0 Å². The Labute approximate surface area is 149 Å². The molecule has 1 aliphatic heterocycles. The topological polar surface area (TPSA) is 84.5 Å². The highest BCUT2D eigenvalue weighted by Crippen LogP contribution is 2.27. The Kier molecular flexibility index (Phi) is 7.22. The molecule has 0 atom stereocenters. The van der Waals surface area contributed by atoms with Crippen molar-refractivity contribution < 1.29 is 17.9 Å². The first-order chi connectivity index (χ1) is 10.8. The number of esters is 1. The smallest absolute Gasteiger partial charge is 0.338 e. The maximum atomic E-state index is 12.5. The molecule has 0 aromatic heterocycles. The molecule has 6 nitrogen and oxygen atoms in total. The molecule has 2 rings (SSSR count). The van der Waals surface area contributed by atoms with Crippen LogP contribution in [0.15, 0.2) is 23.1 Å². The van der Waals surface area contributed by atoms with Crippen LogP contribution in [0.2, 0.25) is 0 Å². The Bertz CT molecular complexity index is 685. The Morgan fingerprint density at radius 1 is 1.33 bits per heavy atom. The van der Waals surface area contributed by atoms with Crippen LogP contribution in [0.25, 0.3) is 0 Å². The highest BCUT2D eigenvalue weighted by molar-refractivity contribution is 7.89. The van der Waals surface area contributed by atoms with Gasteiger partial charge in [0.05, 0.1) is 17.6 Å². The lowest BCUT2D eigenvalue weighted by Crippen LogP contribution is -2.42. The minimum Gasteiger partial charge on any atom is -0.465 e. The summed E-state index contributed by atoms with van der Waals surface area (Å²) < 4.78 is 32.3. The summed E-state index contributed by atoms with van der Waals surface area (Å²) in [5, 5.41) is 3.28. The molecule has 0 radical (unpaired) electrons. The molecule has 1 aromatic carbocycles. The maximum Gasteiger partial charge on any atom is 0.338 e. The second kappa shape index (κ2) is 8.29. The molecular formula is C16H25ClN2O4S. The van der Waals surface area contributed by atoms with E-state index in [1.165, 1.54) is 25.3 Å². The van der Waals surface area contributed by atoms with Crippen LogP contribution in [0, 0.1) is 12.3 Å². The van der Waals surface area contributed by atoms with Gasteiger partial charge in [0.2, 0.25) is 10.0 Å². The van der Waals surface area contributed by atoms with E-state index in [-0.39, 0.29) is 22.7 Å². The number of carbonyl (C=O) groups is 1. The lowest BCUT2D eigenvalue weighted by atomic mass is 9.81. The van der Waals surface area contributed by atoms with Crippen molar-refractivity contribution in [3.05, 3.63) is 29.3 Å². The summed E-state index contributed by atoms with van der Waals surface area (Å²) in [5.41, 5.74) is 0.920. The minimum atomic E-state index is -3.59. The number of carbonyl (C=O) groups excluding carboxylic acids is 1. The van der Waals surface area contributed by atoms with Gasteiger partial charge in [-0.25, -0.2) is 17.9 Å². The van der Waals surface area contributed by atoms with Crippen molar-refractivity contribution >= 4 is 28.4 Å². The van der Waals surface area contributed by atoms with Gasteiger partial charge in [0.15, 0.2) is 0 Å². The quantitative estimate of drug-likeness (QED) is 0.766. The Balaban J connectivity index is 0.00000288. The third-order valence-electron chi connectivity index (χ3n) is 4.41. The van der Waals surface area contributed by atoms with Crippen LogP contribution in [0.1, 0.15) is 35.7 Å². The molecule has 0 unspecified atom stereocenters. The largest absolute Gasteiger partial charge is 0.465 e. The first-order valence-corrected chi connectivity index (χ1v) is 9.15. The average molecular weight is 377 g/mol. The van der Waals surface area contributed by atoms with Gasteiger partial charge in [0.25, 0.3) is 0 Å². The molecule has 136 valence electrons. The molecule has 1 fully saturated rings. The summed E-state index contributed by atoms with van der Waals surface area (Å²) in [6, 6.07) is 4.42. The van der Waals surface area contributed by atoms with E-state index >= 15 is 0 Å². The molecule has 0 amide bonds.